The highest BCUT2D eigenvalue weighted by atomic mass is 16.5. The summed E-state index contributed by atoms with van der Waals surface area (Å²) in [5.41, 5.74) is 8.30. The number of benzene rings is 1. The molecule has 5 nitrogen and oxygen atoms in total. The molecule has 1 aromatic carbocycles. The molecule has 3 heterocycles. The third-order valence-electron chi connectivity index (χ3n) is 5.67. The zero-order valence-corrected chi connectivity index (χ0v) is 18.8. The number of pyridine rings is 2. The number of hydrogen-bond acceptors (Lipinski definition) is 5. The van der Waals surface area contributed by atoms with Crippen LogP contribution < -0.4 is 15.0 Å². The molecule has 1 aliphatic rings. The largest absolute Gasteiger partial charge is 0.481 e. The first-order valence-corrected chi connectivity index (χ1v) is 10.6. The van der Waals surface area contributed by atoms with Crippen LogP contribution in [0.4, 0.5) is 5.69 Å². The Morgan fingerprint density at radius 3 is 2.72 bits per heavy atom. The molecule has 3 aromatic rings. The molecule has 0 spiro atoms. The lowest BCUT2D eigenvalue weighted by Gasteiger charge is -2.20. The van der Waals surface area contributed by atoms with Gasteiger partial charge in [0.15, 0.2) is 0 Å². The highest BCUT2D eigenvalue weighted by Gasteiger charge is 2.21. The molecule has 1 unspecified atom stereocenters. The second-order valence-electron chi connectivity index (χ2n) is 7.84. The summed E-state index contributed by atoms with van der Waals surface area (Å²) in [6, 6.07) is 14.9. The smallest absolute Gasteiger partial charge is 0.213 e. The van der Waals surface area contributed by atoms with Crippen LogP contribution in [0.3, 0.4) is 0 Å². The van der Waals surface area contributed by atoms with Crippen molar-refractivity contribution in [1.82, 2.24) is 15.3 Å². The van der Waals surface area contributed by atoms with Gasteiger partial charge in [-0.05, 0) is 54.0 Å². The molecule has 1 fully saturated rings. The van der Waals surface area contributed by atoms with E-state index in [1.165, 1.54) is 0 Å². The second kappa shape index (κ2) is 9.20. The highest BCUT2D eigenvalue weighted by Crippen LogP contribution is 2.32. The Kier molecular flexibility index (Phi) is 6.19. The second-order valence-corrected chi connectivity index (χ2v) is 7.84. The van der Waals surface area contributed by atoms with Crippen LogP contribution >= 0.6 is 0 Å². The lowest BCUT2D eigenvalue weighted by Crippen LogP contribution is -2.13. The number of methoxy groups -OCH3 is 1. The maximum absolute atomic E-state index is 5.36. The summed E-state index contributed by atoms with van der Waals surface area (Å²) >= 11 is 0. The number of ether oxygens (including phenoxy) is 1. The first-order chi connectivity index (χ1) is 15.5. The van der Waals surface area contributed by atoms with E-state index in [2.05, 4.69) is 59.9 Å². The number of aromatic nitrogens is 2. The van der Waals surface area contributed by atoms with Gasteiger partial charge in [-0.1, -0.05) is 31.4 Å². The summed E-state index contributed by atoms with van der Waals surface area (Å²) in [7, 11) is 3.62. The zero-order valence-electron chi connectivity index (χ0n) is 18.8. The summed E-state index contributed by atoms with van der Waals surface area (Å²) < 4.78 is 5.36. The predicted molar refractivity (Wildman–Crippen MR) is 132 cm³/mol. The number of likely N-dealkylation sites (N-methyl/N-ethyl adjacent to an activating group) is 1. The number of anilines is 1. The number of allylic oxidation sites excluding steroid dienone is 1. The van der Waals surface area contributed by atoms with E-state index in [0.29, 0.717) is 11.9 Å². The van der Waals surface area contributed by atoms with Gasteiger partial charge in [0.05, 0.1) is 7.11 Å². The first kappa shape index (κ1) is 21.5. The summed E-state index contributed by atoms with van der Waals surface area (Å²) in [5, 5.41) is 3.37. The molecular weight excluding hydrogens is 396 g/mol. The van der Waals surface area contributed by atoms with Crippen molar-refractivity contribution in [3.63, 3.8) is 0 Å². The van der Waals surface area contributed by atoms with Gasteiger partial charge in [-0.15, -0.1) is 0 Å². The van der Waals surface area contributed by atoms with E-state index < -0.39 is 0 Å². The fraction of sp³-hybridized carbons (Fsp3) is 0.185. The van der Waals surface area contributed by atoms with Gasteiger partial charge in [0.1, 0.15) is 0 Å². The molecule has 2 aromatic heterocycles. The fourth-order valence-electron chi connectivity index (χ4n) is 3.58. The third-order valence-corrected chi connectivity index (χ3v) is 5.67. The normalized spacial score (nSPS) is 15.2. The van der Waals surface area contributed by atoms with Gasteiger partial charge in [0.25, 0.3) is 0 Å². The Bertz CT molecular complexity index is 1190. The zero-order chi connectivity index (χ0) is 22.7. The number of nitrogens with zero attached hydrogens (tertiary/aromatic N) is 3. The van der Waals surface area contributed by atoms with E-state index in [9.17, 15) is 0 Å². The van der Waals surface area contributed by atoms with Crippen LogP contribution in [0.5, 0.6) is 5.88 Å². The minimum absolute atomic E-state index is 0.370. The number of rotatable bonds is 8. The van der Waals surface area contributed by atoms with E-state index in [4.69, 9.17) is 9.72 Å². The molecule has 4 rings (SSSR count). The summed E-state index contributed by atoms with van der Waals surface area (Å²) in [6.07, 6.45) is 7.73. The van der Waals surface area contributed by atoms with E-state index >= 15 is 0 Å². The minimum atomic E-state index is 0.370. The molecule has 1 N–H and O–H groups in total. The van der Waals surface area contributed by atoms with Crippen LogP contribution in [0.15, 0.2) is 85.9 Å². The van der Waals surface area contributed by atoms with Gasteiger partial charge in [0.2, 0.25) is 5.88 Å². The molecule has 162 valence electrons. The van der Waals surface area contributed by atoms with E-state index in [-0.39, 0.29) is 0 Å². The van der Waals surface area contributed by atoms with Crippen LogP contribution in [0.2, 0.25) is 0 Å². The Morgan fingerprint density at radius 2 is 2.00 bits per heavy atom. The predicted octanol–water partition coefficient (Wildman–Crippen LogP) is 5.00. The Hall–Kier alpha value is -3.70. The molecule has 0 aliphatic carbocycles. The maximum atomic E-state index is 5.36. The lowest BCUT2D eigenvalue weighted by molar-refractivity contribution is 0.398. The highest BCUT2D eigenvalue weighted by molar-refractivity contribution is 5.84. The lowest BCUT2D eigenvalue weighted by atomic mass is 9.94. The van der Waals surface area contributed by atoms with Crippen LogP contribution in [-0.2, 0) is 0 Å². The molecule has 5 heteroatoms. The average Bonchev–Trinajstić information content (AvgIpc) is 3.66. The molecule has 0 radical (unpaired) electrons. The third kappa shape index (κ3) is 4.63. The van der Waals surface area contributed by atoms with Gasteiger partial charge in [0, 0.05) is 66.3 Å². The summed E-state index contributed by atoms with van der Waals surface area (Å²) in [4.78, 5) is 11.0. The number of nitrogens with one attached hydrogen (secondary N) is 1. The van der Waals surface area contributed by atoms with Gasteiger partial charge in [-0.2, -0.15) is 0 Å². The SMILES string of the molecule is C=CC(=C)N(C)c1cccc(-c2cnc(C)c(/C(=C\C3CN3)c3ccnc(OC)c3)c2)c1. The van der Waals surface area contributed by atoms with Crippen molar-refractivity contribution >= 4 is 11.3 Å². The molecule has 0 saturated carbocycles. The van der Waals surface area contributed by atoms with Crippen LogP contribution in [0, 0.1) is 6.92 Å². The van der Waals surface area contributed by atoms with Gasteiger partial charge in [-0.25, -0.2) is 4.98 Å². The Morgan fingerprint density at radius 1 is 1.19 bits per heavy atom. The Labute approximate surface area is 189 Å². The molecule has 1 aliphatic heterocycles. The monoisotopic (exact) mass is 424 g/mol. The van der Waals surface area contributed by atoms with E-state index in [0.717, 1.165) is 51.5 Å². The van der Waals surface area contributed by atoms with Crippen LogP contribution in [0.1, 0.15) is 16.8 Å². The van der Waals surface area contributed by atoms with Crippen molar-refractivity contribution in [1.29, 1.82) is 0 Å². The van der Waals surface area contributed by atoms with Crippen molar-refractivity contribution < 1.29 is 4.74 Å². The van der Waals surface area contributed by atoms with Crippen LogP contribution in [0.25, 0.3) is 16.7 Å². The molecule has 0 bridgehead atoms. The quantitative estimate of drug-likeness (QED) is 0.407. The molecule has 1 atom stereocenters. The van der Waals surface area contributed by atoms with Crippen molar-refractivity contribution in [2.45, 2.75) is 13.0 Å². The maximum Gasteiger partial charge on any atom is 0.213 e. The van der Waals surface area contributed by atoms with Gasteiger partial charge >= 0.3 is 0 Å². The Balaban J connectivity index is 1.78. The molecular formula is C27H28N4O. The number of aryl methyl sites for hydroxylation is 1. The first-order valence-electron chi connectivity index (χ1n) is 10.6. The van der Waals surface area contributed by atoms with Gasteiger partial charge < -0.3 is 15.0 Å². The minimum Gasteiger partial charge on any atom is -0.481 e. The van der Waals surface area contributed by atoms with E-state index in [1.807, 2.05) is 37.2 Å². The average molecular weight is 425 g/mol. The molecule has 32 heavy (non-hydrogen) atoms. The topological polar surface area (TPSA) is 60.2 Å². The summed E-state index contributed by atoms with van der Waals surface area (Å²) in [5.74, 6) is 0.595. The van der Waals surface area contributed by atoms with Crippen molar-refractivity contribution in [3.8, 4) is 17.0 Å². The van der Waals surface area contributed by atoms with E-state index in [1.54, 1.807) is 19.4 Å². The fourth-order valence-corrected chi connectivity index (χ4v) is 3.58. The van der Waals surface area contributed by atoms with Crippen molar-refractivity contribution in [2.24, 2.45) is 0 Å². The standard InChI is InChI=1S/C27H28N4O/c1-6-18(2)31(4)24-9-7-8-20(12-24)22-13-25(19(3)29-16-22)26(15-23-17-30-23)21-10-11-28-27(14-21)32-5/h6-16,23,30H,1-2,17H2,3-5H3/b26-15-. The molecule has 0 amide bonds. The van der Waals surface area contributed by atoms with Gasteiger partial charge in [-0.3, -0.25) is 4.98 Å². The van der Waals surface area contributed by atoms with Crippen molar-refractivity contribution in [2.75, 3.05) is 25.6 Å². The summed E-state index contributed by atoms with van der Waals surface area (Å²) in [6.45, 7) is 10.9. The number of hydrogen-bond donors (Lipinski definition) is 1. The van der Waals surface area contributed by atoms with Crippen LogP contribution in [-0.4, -0.2) is 36.7 Å². The van der Waals surface area contributed by atoms with Crippen molar-refractivity contribution in [3.05, 3.63) is 103 Å². The molecule has 1 saturated heterocycles.